The fourth-order valence-electron chi connectivity index (χ4n) is 3.16. The highest BCUT2D eigenvalue weighted by Gasteiger charge is 2.34. The summed E-state index contributed by atoms with van der Waals surface area (Å²) in [6.07, 6.45) is 4.85. The van der Waals surface area contributed by atoms with E-state index in [9.17, 15) is 4.79 Å². The van der Waals surface area contributed by atoms with Crippen LogP contribution in [0.1, 0.15) is 48.5 Å². The van der Waals surface area contributed by atoms with Crippen molar-refractivity contribution in [3.63, 3.8) is 0 Å². The van der Waals surface area contributed by atoms with Crippen LogP contribution in [0.4, 0.5) is 0 Å². The molecule has 0 saturated heterocycles. The van der Waals surface area contributed by atoms with Crippen molar-refractivity contribution < 1.29 is 4.79 Å². The van der Waals surface area contributed by atoms with E-state index >= 15 is 0 Å². The van der Waals surface area contributed by atoms with E-state index in [1.54, 1.807) is 0 Å². The van der Waals surface area contributed by atoms with Crippen LogP contribution < -0.4 is 0 Å². The first-order valence-electron chi connectivity index (χ1n) is 6.74. The molecule has 3 rings (SSSR count). The Balaban J connectivity index is 1.80. The summed E-state index contributed by atoms with van der Waals surface area (Å²) >= 11 is 3.48. The molecule has 18 heavy (non-hydrogen) atoms. The second-order valence-corrected chi connectivity index (χ2v) is 6.56. The number of halogens is 1. The average Bonchev–Trinajstić information content (AvgIpc) is 2.67. The summed E-state index contributed by atoms with van der Waals surface area (Å²) in [5, 5.41) is 0. The van der Waals surface area contributed by atoms with Crippen LogP contribution in [0.25, 0.3) is 0 Å². The lowest BCUT2D eigenvalue weighted by atomic mass is 9.86. The summed E-state index contributed by atoms with van der Waals surface area (Å²) < 4.78 is 1.06. The fourth-order valence-corrected chi connectivity index (χ4v) is 3.57. The minimum Gasteiger partial charge on any atom is -0.331 e. The van der Waals surface area contributed by atoms with Gasteiger partial charge in [-0.1, -0.05) is 22.9 Å². The van der Waals surface area contributed by atoms with Crippen molar-refractivity contribution in [1.29, 1.82) is 0 Å². The van der Waals surface area contributed by atoms with Gasteiger partial charge in [-0.25, -0.2) is 0 Å². The molecule has 1 aromatic carbocycles. The molecular formula is C15H18BrNO. The van der Waals surface area contributed by atoms with E-state index in [0.29, 0.717) is 6.04 Å². The van der Waals surface area contributed by atoms with Gasteiger partial charge in [0.05, 0.1) is 0 Å². The Bertz CT molecular complexity index is 477. The van der Waals surface area contributed by atoms with Crippen LogP contribution in [0.2, 0.25) is 0 Å². The van der Waals surface area contributed by atoms with E-state index in [1.165, 1.54) is 31.2 Å². The number of amides is 1. The Morgan fingerprint density at radius 3 is 2.67 bits per heavy atom. The zero-order valence-electron chi connectivity index (χ0n) is 10.7. The van der Waals surface area contributed by atoms with Gasteiger partial charge in [0.2, 0.25) is 0 Å². The van der Waals surface area contributed by atoms with Gasteiger partial charge in [0, 0.05) is 22.6 Å². The number of carbonyl (C=O) groups is 1. The Hall–Kier alpha value is -0.830. The third kappa shape index (κ3) is 2.09. The van der Waals surface area contributed by atoms with Gasteiger partial charge in [-0.3, -0.25) is 4.79 Å². The molecule has 2 aliphatic rings. The smallest absolute Gasteiger partial charge is 0.254 e. The average molecular weight is 308 g/mol. The van der Waals surface area contributed by atoms with E-state index in [-0.39, 0.29) is 5.91 Å². The van der Waals surface area contributed by atoms with Crippen molar-refractivity contribution in [3.05, 3.63) is 33.8 Å². The van der Waals surface area contributed by atoms with Crippen LogP contribution in [0.15, 0.2) is 22.7 Å². The molecule has 1 saturated carbocycles. The number of rotatable bonds is 1. The summed E-state index contributed by atoms with van der Waals surface area (Å²) in [6.45, 7) is 3.11. The first kappa shape index (κ1) is 12.2. The number of hydrogen-bond acceptors (Lipinski definition) is 1. The molecule has 0 N–H and O–H groups in total. The van der Waals surface area contributed by atoms with E-state index in [0.717, 1.165) is 22.5 Å². The minimum absolute atomic E-state index is 0.233. The molecule has 0 atom stereocenters. The standard InChI is InChI=1S/C15H18BrNO/c1-10-2-5-13(6-3-10)17-9-11-8-12(16)4-7-14(11)15(17)18/h4,7-8,10,13H,2-3,5-6,9H2,1H3. The van der Waals surface area contributed by atoms with Gasteiger partial charge in [0.1, 0.15) is 0 Å². The second-order valence-electron chi connectivity index (χ2n) is 5.65. The van der Waals surface area contributed by atoms with Gasteiger partial charge in [0.15, 0.2) is 0 Å². The fraction of sp³-hybridized carbons (Fsp3) is 0.533. The summed E-state index contributed by atoms with van der Waals surface area (Å²) in [6, 6.07) is 6.45. The first-order valence-corrected chi connectivity index (χ1v) is 7.54. The molecule has 1 aromatic rings. The van der Waals surface area contributed by atoms with Crippen molar-refractivity contribution >= 4 is 21.8 Å². The topological polar surface area (TPSA) is 20.3 Å². The first-order chi connectivity index (χ1) is 8.65. The maximum Gasteiger partial charge on any atom is 0.254 e. The van der Waals surface area contributed by atoms with Crippen molar-refractivity contribution in [1.82, 2.24) is 4.90 Å². The van der Waals surface area contributed by atoms with E-state index < -0.39 is 0 Å². The van der Waals surface area contributed by atoms with Crippen molar-refractivity contribution in [2.75, 3.05) is 0 Å². The molecule has 0 unspecified atom stereocenters. The van der Waals surface area contributed by atoms with Crippen molar-refractivity contribution in [3.8, 4) is 0 Å². The van der Waals surface area contributed by atoms with Gasteiger partial charge >= 0.3 is 0 Å². The largest absolute Gasteiger partial charge is 0.331 e. The molecule has 0 spiro atoms. The minimum atomic E-state index is 0.233. The van der Waals surface area contributed by atoms with Gasteiger partial charge in [-0.15, -0.1) is 0 Å². The Morgan fingerprint density at radius 2 is 1.94 bits per heavy atom. The second kappa shape index (κ2) is 4.69. The number of nitrogens with zero attached hydrogens (tertiary/aromatic N) is 1. The maximum atomic E-state index is 12.4. The van der Waals surface area contributed by atoms with Crippen LogP contribution in [-0.2, 0) is 6.54 Å². The molecule has 1 amide bonds. The zero-order valence-corrected chi connectivity index (χ0v) is 12.2. The predicted molar refractivity (Wildman–Crippen MR) is 75.4 cm³/mol. The molecule has 1 heterocycles. The molecule has 0 radical (unpaired) electrons. The lowest BCUT2D eigenvalue weighted by Crippen LogP contribution is -2.37. The zero-order chi connectivity index (χ0) is 12.7. The monoisotopic (exact) mass is 307 g/mol. The van der Waals surface area contributed by atoms with E-state index in [2.05, 4.69) is 33.8 Å². The molecule has 2 nitrogen and oxygen atoms in total. The maximum absolute atomic E-state index is 12.4. The van der Waals surface area contributed by atoms with E-state index in [1.807, 2.05) is 12.1 Å². The number of benzene rings is 1. The van der Waals surface area contributed by atoms with Crippen LogP contribution in [0.3, 0.4) is 0 Å². The molecule has 1 aliphatic heterocycles. The highest BCUT2D eigenvalue weighted by molar-refractivity contribution is 9.10. The number of carbonyl (C=O) groups excluding carboxylic acids is 1. The Labute approximate surface area is 116 Å². The van der Waals surface area contributed by atoms with Crippen molar-refractivity contribution in [2.45, 2.75) is 45.2 Å². The number of hydrogen-bond donors (Lipinski definition) is 0. The normalized spacial score (nSPS) is 27.4. The molecule has 3 heteroatoms. The van der Waals surface area contributed by atoms with Crippen LogP contribution in [0, 0.1) is 5.92 Å². The quantitative estimate of drug-likeness (QED) is 0.768. The molecule has 0 aromatic heterocycles. The summed E-state index contributed by atoms with van der Waals surface area (Å²) in [5.41, 5.74) is 2.07. The molecule has 1 aliphatic carbocycles. The van der Waals surface area contributed by atoms with Crippen LogP contribution >= 0.6 is 15.9 Å². The molecule has 0 bridgehead atoms. The Morgan fingerprint density at radius 1 is 1.22 bits per heavy atom. The lowest BCUT2D eigenvalue weighted by molar-refractivity contribution is 0.0640. The van der Waals surface area contributed by atoms with Gasteiger partial charge in [0.25, 0.3) is 5.91 Å². The summed E-state index contributed by atoms with van der Waals surface area (Å²) in [5.74, 6) is 1.06. The van der Waals surface area contributed by atoms with Crippen LogP contribution in [-0.4, -0.2) is 16.8 Å². The van der Waals surface area contributed by atoms with Gasteiger partial charge in [-0.05, 0) is 55.4 Å². The van der Waals surface area contributed by atoms with Crippen LogP contribution in [0.5, 0.6) is 0 Å². The highest BCUT2D eigenvalue weighted by atomic mass is 79.9. The summed E-state index contributed by atoms with van der Waals surface area (Å²) in [4.78, 5) is 14.5. The van der Waals surface area contributed by atoms with Gasteiger partial charge < -0.3 is 4.90 Å². The summed E-state index contributed by atoms with van der Waals surface area (Å²) in [7, 11) is 0. The SMILES string of the molecule is CC1CCC(N2Cc3cc(Br)ccc3C2=O)CC1. The van der Waals surface area contributed by atoms with E-state index in [4.69, 9.17) is 0 Å². The molecular weight excluding hydrogens is 290 g/mol. The van der Waals surface area contributed by atoms with Crippen molar-refractivity contribution in [2.24, 2.45) is 5.92 Å². The van der Waals surface area contributed by atoms with Gasteiger partial charge in [-0.2, -0.15) is 0 Å². The third-order valence-corrected chi connectivity index (χ3v) is 4.82. The Kier molecular flexibility index (Phi) is 3.18. The number of fused-ring (bicyclic) bond motifs is 1. The third-order valence-electron chi connectivity index (χ3n) is 4.33. The predicted octanol–water partition coefficient (Wildman–Crippen LogP) is 3.98. The lowest BCUT2D eigenvalue weighted by Gasteiger charge is -2.33. The molecule has 96 valence electrons. The molecule has 1 fully saturated rings. The highest BCUT2D eigenvalue weighted by Crippen LogP contribution is 2.33.